The molecule has 12 heteroatoms. The zero-order chi connectivity index (χ0) is 37.1. The van der Waals surface area contributed by atoms with E-state index < -0.39 is 60.7 Å². The van der Waals surface area contributed by atoms with Crippen molar-refractivity contribution in [1.29, 1.82) is 0 Å². The average molecular weight is 705 g/mol. The Balaban J connectivity index is 2.22. The van der Waals surface area contributed by atoms with Crippen molar-refractivity contribution in [3.63, 3.8) is 0 Å². The van der Waals surface area contributed by atoms with E-state index in [0.29, 0.717) is 19.3 Å². The Labute approximate surface area is 295 Å². The van der Waals surface area contributed by atoms with E-state index in [2.05, 4.69) is 22.5 Å². The molecule has 0 spiro atoms. The summed E-state index contributed by atoms with van der Waals surface area (Å²) in [6.45, 7) is -1.10. The Morgan fingerprint density at radius 3 is 2.22 bits per heavy atom. The SMILES string of the molecule is C#CCCCC(O)[C@H](O)C(CC1CCCCC1)NC(=O)[C@H](CCC#C)NC(=O)C(CC(=O)N(C)CCN(C)CC(F)(F)F)Cc1ccccc1. The molecule has 9 nitrogen and oxygen atoms in total. The summed E-state index contributed by atoms with van der Waals surface area (Å²) in [6.07, 6.45) is 11.2. The van der Waals surface area contributed by atoms with E-state index >= 15 is 0 Å². The predicted molar refractivity (Wildman–Crippen MR) is 187 cm³/mol. The number of rotatable bonds is 21. The summed E-state index contributed by atoms with van der Waals surface area (Å²) < 4.78 is 38.3. The zero-order valence-electron chi connectivity index (χ0n) is 29.5. The van der Waals surface area contributed by atoms with Gasteiger partial charge in [0.2, 0.25) is 17.7 Å². The van der Waals surface area contributed by atoms with Gasteiger partial charge in [0.1, 0.15) is 6.04 Å². The molecule has 0 heterocycles. The molecule has 4 N–H and O–H groups in total. The number of nitrogens with one attached hydrogen (secondary N) is 2. The minimum atomic E-state index is -4.37. The third kappa shape index (κ3) is 16.4. The van der Waals surface area contributed by atoms with E-state index in [-0.39, 0.29) is 51.1 Å². The third-order valence-electron chi connectivity index (χ3n) is 9.29. The largest absolute Gasteiger partial charge is 0.401 e. The van der Waals surface area contributed by atoms with Crippen LogP contribution < -0.4 is 10.6 Å². The second-order valence-corrected chi connectivity index (χ2v) is 13.6. The molecule has 3 unspecified atom stereocenters. The Hall–Kier alpha value is -3.58. The van der Waals surface area contributed by atoms with Crippen molar-refractivity contribution in [2.24, 2.45) is 11.8 Å². The maximum Gasteiger partial charge on any atom is 0.401 e. The number of carbonyl (C=O) groups is 3. The monoisotopic (exact) mass is 704 g/mol. The molecule has 5 atom stereocenters. The van der Waals surface area contributed by atoms with E-state index in [9.17, 15) is 37.8 Å². The Bertz CT molecular complexity index is 1260. The number of alkyl halides is 3. The van der Waals surface area contributed by atoms with Gasteiger partial charge in [-0.1, -0.05) is 62.4 Å². The minimum Gasteiger partial charge on any atom is -0.390 e. The molecule has 1 fully saturated rings. The molecule has 0 bridgehead atoms. The van der Waals surface area contributed by atoms with Gasteiger partial charge in [-0.15, -0.1) is 24.7 Å². The van der Waals surface area contributed by atoms with Gasteiger partial charge >= 0.3 is 6.18 Å². The lowest BCUT2D eigenvalue weighted by molar-refractivity contribution is -0.144. The van der Waals surface area contributed by atoms with Crippen molar-refractivity contribution < 1.29 is 37.8 Å². The topological polar surface area (TPSA) is 122 Å². The van der Waals surface area contributed by atoms with Crippen LogP contribution in [0, 0.1) is 36.5 Å². The number of amides is 3. The molecular weight excluding hydrogens is 649 g/mol. The fraction of sp³-hybridized carbons (Fsp3) is 0.658. The van der Waals surface area contributed by atoms with Gasteiger partial charge in [0.05, 0.1) is 30.7 Å². The average Bonchev–Trinajstić information content (AvgIpc) is 3.08. The number of hydrogen-bond donors (Lipinski definition) is 4. The highest BCUT2D eigenvalue weighted by molar-refractivity contribution is 5.91. The van der Waals surface area contributed by atoms with Crippen LogP contribution in [0.3, 0.4) is 0 Å². The first-order valence-electron chi connectivity index (χ1n) is 17.6. The fourth-order valence-electron chi connectivity index (χ4n) is 6.34. The summed E-state index contributed by atoms with van der Waals surface area (Å²) in [6, 6.07) is 7.19. The van der Waals surface area contributed by atoms with Crippen LogP contribution in [0.15, 0.2) is 30.3 Å². The highest BCUT2D eigenvalue weighted by Gasteiger charge is 2.34. The molecule has 1 aliphatic rings. The number of nitrogens with zero attached hydrogens (tertiary/aromatic N) is 2. The number of aliphatic hydroxyl groups is 2. The third-order valence-corrected chi connectivity index (χ3v) is 9.29. The molecule has 50 heavy (non-hydrogen) atoms. The lowest BCUT2D eigenvalue weighted by Crippen LogP contribution is -2.56. The number of carbonyl (C=O) groups excluding carboxylic acids is 3. The van der Waals surface area contributed by atoms with Gasteiger partial charge in [0.25, 0.3) is 0 Å². The van der Waals surface area contributed by atoms with Crippen molar-refractivity contribution in [3.05, 3.63) is 35.9 Å². The van der Waals surface area contributed by atoms with E-state index in [1.807, 2.05) is 18.2 Å². The van der Waals surface area contributed by atoms with Crippen LogP contribution in [0.1, 0.15) is 82.6 Å². The maximum atomic E-state index is 13.8. The fourth-order valence-corrected chi connectivity index (χ4v) is 6.34. The van der Waals surface area contributed by atoms with Crippen LogP contribution in [0.25, 0.3) is 0 Å². The quantitative estimate of drug-likeness (QED) is 0.113. The van der Waals surface area contributed by atoms with Gasteiger partial charge in [-0.25, -0.2) is 0 Å². The standard InChI is InChI=1S/C38H55F3N4O5/c1-5-7-11-21-33(46)35(48)32(25-29-18-14-10-15-19-29)43-37(50)31(20-8-6-2)42-36(49)30(24-28-16-12-9-13-17-28)26-34(47)45(4)23-22-44(3)27-38(39,40)41/h1-2,9,12-13,16-17,29-33,35,46,48H,7-8,10-11,14-15,18-27H2,3-4H3,(H,42,49)(H,43,50)/t30?,31-,32?,33?,35+/m0/s1. The molecule has 0 aromatic heterocycles. The van der Waals surface area contributed by atoms with Crippen molar-refractivity contribution >= 4 is 17.7 Å². The number of unbranched alkanes of at least 4 members (excludes halogenated alkanes) is 1. The van der Waals surface area contributed by atoms with Gasteiger partial charge in [0, 0.05) is 39.4 Å². The second-order valence-electron chi connectivity index (χ2n) is 13.6. The van der Waals surface area contributed by atoms with Gasteiger partial charge in [-0.2, -0.15) is 13.2 Å². The molecular formula is C38H55F3N4O5. The van der Waals surface area contributed by atoms with E-state index in [1.165, 1.54) is 19.0 Å². The highest BCUT2D eigenvalue weighted by atomic mass is 19.4. The lowest BCUT2D eigenvalue weighted by atomic mass is 9.82. The zero-order valence-corrected chi connectivity index (χ0v) is 29.5. The lowest BCUT2D eigenvalue weighted by Gasteiger charge is -2.33. The normalized spacial score (nSPS) is 16.7. The number of terminal acetylenes is 2. The molecule has 1 aromatic rings. The number of aliphatic hydroxyl groups excluding tert-OH is 2. The highest BCUT2D eigenvalue weighted by Crippen LogP contribution is 2.29. The summed E-state index contributed by atoms with van der Waals surface area (Å²) in [7, 11) is 2.79. The number of hydrogen-bond acceptors (Lipinski definition) is 6. The smallest absolute Gasteiger partial charge is 0.390 e. The Morgan fingerprint density at radius 2 is 1.60 bits per heavy atom. The Morgan fingerprint density at radius 1 is 0.940 bits per heavy atom. The van der Waals surface area contributed by atoms with Crippen LogP contribution in [-0.2, 0) is 20.8 Å². The van der Waals surface area contributed by atoms with Crippen molar-refractivity contribution in [2.75, 3.05) is 33.7 Å². The number of benzene rings is 1. The molecule has 0 saturated heterocycles. The van der Waals surface area contributed by atoms with E-state index in [4.69, 9.17) is 12.8 Å². The summed E-state index contributed by atoms with van der Waals surface area (Å²) in [4.78, 5) is 43.3. The maximum absolute atomic E-state index is 13.8. The van der Waals surface area contributed by atoms with E-state index in [0.717, 1.165) is 42.6 Å². The van der Waals surface area contributed by atoms with Crippen LogP contribution in [0.2, 0.25) is 0 Å². The summed E-state index contributed by atoms with van der Waals surface area (Å²) in [5.41, 5.74) is 0.784. The van der Waals surface area contributed by atoms with Crippen LogP contribution in [0.4, 0.5) is 13.2 Å². The summed E-state index contributed by atoms with van der Waals surface area (Å²) in [5.74, 6) is 2.83. The van der Waals surface area contributed by atoms with Gasteiger partial charge in [-0.3, -0.25) is 19.3 Å². The Kier molecular flexibility index (Phi) is 19.0. The van der Waals surface area contributed by atoms with E-state index in [1.54, 1.807) is 12.1 Å². The van der Waals surface area contributed by atoms with Crippen LogP contribution in [0.5, 0.6) is 0 Å². The number of halogens is 3. The first-order chi connectivity index (χ1) is 23.7. The number of likely N-dealkylation sites (N-methyl/N-ethyl adjacent to an activating group) is 2. The molecule has 278 valence electrons. The van der Waals surface area contributed by atoms with Crippen LogP contribution >= 0.6 is 0 Å². The van der Waals surface area contributed by atoms with Crippen molar-refractivity contribution in [1.82, 2.24) is 20.4 Å². The molecule has 1 aromatic carbocycles. The molecule has 1 aliphatic carbocycles. The molecule has 3 amide bonds. The van der Waals surface area contributed by atoms with Crippen LogP contribution in [-0.4, -0.2) is 102 Å². The molecule has 0 radical (unpaired) electrons. The predicted octanol–water partition coefficient (Wildman–Crippen LogP) is 4.07. The van der Waals surface area contributed by atoms with Crippen molar-refractivity contribution in [3.8, 4) is 24.7 Å². The summed E-state index contributed by atoms with van der Waals surface area (Å²) >= 11 is 0. The van der Waals surface area contributed by atoms with Crippen molar-refractivity contribution in [2.45, 2.75) is 114 Å². The first kappa shape index (κ1) is 42.6. The minimum absolute atomic E-state index is 0.0158. The van der Waals surface area contributed by atoms with Gasteiger partial charge < -0.3 is 25.7 Å². The molecule has 0 aliphatic heterocycles. The molecule has 1 saturated carbocycles. The first-order valence-corrected chi connectivity index (χ1v) is 17.6. The summed E-state index contributed by atoms with van der Waals surface area (Å²) in [5, 5.41) is 27.7. The van der Waals surface area contributed by atoms with Gasteiger partial charge in [-0.05, 0) is 50.6 Å². The molecule has 2 rings (SSSR count). The van der Waals surface area contributed by atoms with Gasteiger partial charge in [0.15, 0.2) is 0 Å². The second kappa shape index (κ2) is 22.3.